The molecule has 0 N–H and O–H groups in total. The first-order valence-electron chi connectivity index (χ1n) is 6.28. The molecule has 1 saturated carbocycles. The summed E-state index contributed by atoms with van der Waals surface area (Å²) in [7, 11) is 0. The number of hydrogen-bond acceptors (Lipinski definition) is 3. The number of carbonyl (C=O) groups excluding carboxylic acids is 2. The SMILES string of the molecule is O=C1OC(=O)[C@H]2[C@@H]1[C@@H]1C[C@H]2C=C1c1ccccc1. The van der Waals surface area contributed by atoms with E-state index >= 15 is 0 Å². The number of fused-ring (bicyclic) bond motifs is 5. The highest BCUT2D eigenvalue weighted by Crippen LogP contribution is 2.57. The minimum atomic E-state index is -0.320. The Balaban J connectivity index is 1.77. The Morgan fingerprint density at radius 1 is 1.00 bits per heavy atom. The van der Waals surface area contributed by atoms with E-state index < -0.39 is 0 Å². The van der Waals surface area contributed by atoms with Gasteiger partial charge in [0.05, 0.1) is 11.8 Å². The van der Waals surface area contributed by atoms with Crippen LogP contribution in [0.2, 0.25) is 0 Å². The molecule has 0 unspecified atom stereocenters. The van der Waals surface area contributed by atoms with Gasteiger partial charge in [0.25, 0.3) is 0 Å². The summed E-state index contributed by atoms with van der Waals surface area (Å²) in [5, 5.41) is 0. The van der Waals surface area contributed by atoms with Crippen LogP contribution in [0.5, 0.6) is 0 Å². The predicted molar refractivity (Wildman–Crippen MR) is 64.1 cm³/mol. The summed E-state index contributed by atoms with van der Waals surface area (Å²) in [6.45, 7) is 0. The molecular formula is C15H12O3. The number of esters is 2. The molecule has 1 heterocycles. The summed E-state index contributed by atoms with van der Waals surface area (Å²) in [6, 6.07) is 10.1. The molecule has 2 aliphatic carbocycles. The zero-order chi connectivity index (χ0) is 12.3. The van der Waals surface area contributed by atoms with Crippen LogP contribution < -0.4 is 0 Å². The maximum atomic E-state index is 11.8. The monoisotopic (exact) mass is 240 g/mol. The molecule has 2 bridgehead atoms. The minimum Gasteiger partial charge on any atom is -0.393 e. The van der Waals surface area contributed by atoms with Gasteiger partial charge in [-0.1, -0.05) is 36.4 Å². The summed E-state index contributed by atoms with van der Waals surface area (Å²) in [5.74, 6) is -0.729. The van der Waals surface area contributed by atoms with Crippen molar-refractivity contribution in [1.82, 2.24) is 0 Å². The van der Waals surface area contributed by atoms with Gasteiger partial charge < -0.3 is 4.74 Å². The molecule has 3 heteroatoms. The van der Waals surface area contributed by atoms with E-state index in [0.717, 1.165) is 12.0 Å². The van der Waals surface area contributed by atoms with Crippen molar-refractivity contribution >= 4 is 17.5 Å². The fraction of sp³-hybridized carbons (Fsp3) is 0.333. The molecule has 3 aliphatic rings. The van der Waals surface area contributed by atoms with E-state index in [2.05, 4.69) is 18.2 Å². The summed E-state index contributed by atoms with van der Waals surface area (Å²) < 4.78 is 4.78. The van der Waals surface area contributed by atoms with Gasteiger partial charge in [0.2, 0.25) is 0 Å². The number of ether oxygens (including phenoxy) is 1. The summed E-state index contributed by atoms with van der Waals surface area (Å²) in [4.78, 5) is 23.4. The first-order chi connectivity index (χ1) is 8.75. The topological polar surface area (TPSA) is 43.4 Å². The summed E-state index contributed by atoms with van der Waals surface area (Å²) >= 11 is 0. The molecule has 18 heavy (non-hydrogen) atoms. The lowest BCUT2D eigenvalue weighted by Crippen LogP contribution is -2.23. The molecule has 90 valence electrons. The van der Waals surface area contributed by atoms with Crippen LogP contribution in [0.25, 0.3) is 5.57 Å². The Labute approximate surface area is 104 Å². The minimum absolute atomic E-state index is 0.168. The predicted octanol–water partition coefficient (Wildman–Crippen LogP) is 2.04. The van der Waals surface area contributed by atoms with Gasteiger partial charge in [-0.15, -0.1) is 0 Å². The van der Waals surface area contributed by atoms with Gasteiger partial charge >= 0.3 is 11.9 Å². The highest BCUT2D eigenvalue weighted by Gasteiger charge is 2.60. The van der Waals surface area contributed by atoms with Gasteiger partial charge in [-0.2, -0.15) is 0 Å². The molecule has 2 fully saturated rings. The van der Waals surface area contributed by atoms with E-state index in [1.165, 1.54) is 5.57 Å². The molecule has 0 spiro atoms. The van der Waals surface area contributed by atoms with Gasteiger partial charge in [0.1, 0.15) is 0 Å². The van der Waals surface area contributed by atoms with E-state index in [-0.39, 0.29) is 35.6 Å². The second kappa shape index (κ2) is 3.31. The maximum absolute atomic E-state index is 11.8. The average molecular weight is 240 g/mol. The van der Waals surface area contributed by atoms with Crippen molar-refractivity contribution in [2.24, 2.45) is 23.7 Å². The number of carbonyl (C=O) groups is 2. The highest BCUT2D eigenvalue weighted by molar-refractivity contribution is 6.00. The lowest BCUT2D eigenvalue weighted by atomic mass is 9.79. The van der Waals surface area contributed by atoms with Crippen LogP contribution >= 0.6 is 0 Å². The molecule has 0 aromatic heterocycles. The van der Waals surface area contributed by atoms with Gasteiger partial charge in [-0.3, -0.25) is 9.59 Å². The Morgan fingerprint density at radius 2 is 1.72 bits per heavy atom. The van der Waals surface area contributed by atoms with Crippen molar-refractivity contribution in [3.8, 4) is 0 Å². The molecule has 0 radical (unpaired) electrons. The molecule has 1 aromatic rings. The number of allylic oxidation sites excluding steroid dienone is 2. The highest BCUT2D eigenvalue weighted by atomic mass is 16.6. The summed E-state index contributed by atoms with van der Waals surface area (Å²) in [6.07, 6.45) is 3.08. The second-order valence-electron chi connectivity index (χ2n) is 5.29. The Morgan fingerprint density at radius 3 is 2.50 bits per heavy atom. The quantitative estimate of drug-likeness (QED) is 0.557. The Kier molecular flexibility index (Phi) is 1.85. The zero-order valence-electron chi connectivity index (χ0n) is 9.71. The van der Waals surface area contributed by atoms with E-state index in [1.54, 1.807) is 0 Å². The normalized spacial score (nSPS) is 36.6. The smallest absolute Gasteiger partial charge is 0.318 e. The van der Waals surface area contributed by atoms with Crippen LogP contribution in [-0.4, -0.2) is 11.9 Å². The molecule has 1 aromatic carbocycles. The van der Waals surface area contributed by atoms with Crippen LogP contribution in [0, 0.1) is 23.7 Å². The molecule has 1 aliphatic heterocycles. The van der Waals surface area contributed by atoms with Crippen molar-refractivity contribution in [3.63, 3.8) is 0 Å². The van der Waals surface area contributed by atoms with Crippen molar-refractivity contribution < 1.29 is 14.3 Å². The zero-order valence-corrected chi connectivity index (χ0v) is 9.71. The maximum Gasteiger partial charge on any atom is 0.318 e. The van der Waals surface area contributed by atoms with Gasteiger partial charge in [-0.25, -0.2) is 0 Å². The third-order valence-corrected chi connectivity index (χ3v) is 4.45. The van der Waals surface area contributed by atoms with Crippen LogP contribution in [-0.2, 0) is 14.3 Å². The average Bonchev–Trinajstić information content (AvgIpc) is 3.03. The van der Waals surface area contributed by atoms with Crippen LogP contribution in [0.4, 0.5) is 0 Å². The summed E-state index contributed by atoms with van der Waals surface area (Å²) in [5.41, 5.74) is 2.38. The second-order valence-corrected chi connectivity index (χ2v) is 5.29. The molecular weight excluding hydrogens is 228 g/mol. The number of hydrogen-bond donors (Lipinski definition) is 0. The van der Waals surface area contributed by atoms with Crippen molar-refractivity contribution in [2.75, 3.05) is 0 Å². The first-order valence-corrected chi connectivity index (χ1v) is 6.28. The van der Waals surface area contributed by atoms with E-state index in [0.29, 0.717) is 0 Å². The largest absolute Gasteiger partial charge is 0.393 e. The fourth-order valence-corrected chi connectivity index (χ4v) is 3.76. The third-order valence-electron chi connectivity index (χ3n) is 4.45. The van der Waals surface area contributed by atoms with Gasteiger partial charge in [-0.05, 0) is 29.4 Å². The van der Waals surface area contributed by atoms with Crippen LogP contribution in [0.15, 0.2) is 36.4 Å². The fourth-order valence-electron chi connectivity index (χ4n) is 3.76. The van der Waals surface area contributed by atoms with E-state index in [4.69, 9.17) is 4.74 Å². The van der Waals surface area contributed by atoms with Gasteiger partial charge in [0, 0.05) is 0 Å². The van der Waals surface area contributed by atoms with Crippen molar-refractivity contribution in [1.29, 1.82) is 0 Å². The number of rotatable bonds is 1. The van der Waals surface area contributed by atoms with Crippen molar-refractivity contribution in [2.45, 2.75) is 6.42 Å². The standard InChI is InChI=1S/C15H12O3/c16-14-12-9-6-10(8-4-2-1-3-5-8)11(7-9)13(12)15(17)18-14/h1-6,9,11-13H,7H2/t9-,11-,12-,13+/m1/s1. The lowest BCUT2D eigenvalue weighted by Gasteiger charge is -2.20. The Bertz CT molecular complexity index is 573. The van der Waals surface area contributed by atoms with E-state index in [9.17, 15) is 9.59 Å². The van der Waals surface area contributed by atoms with Crippen molar-refractivity contribution in [3.05, 3.63) is 42.0 Å². The molecule has 4 atom stereocenters. The van der Waals surface area contributed by atoms with Crippen LogP contribution in [0.3, 0.4) is 0 Å². The number of cyclic esters (lactones) is 2. The molecule has 1 saturated heterocycles. The van der Waals surface area contributed by atoms with Crippen LogP contribution in [0.1, 0.15) is 12.0 Å². The molecule has 3 nitrogen and oxygen atoms in total. The lowest BCUT2D eigenvalue weighted by molar-refractivity contribution is -0.154. The number of benzene rings is 1. The molecule has 0 amide bonds. The molecule has 4 rings (SSSR count). The van der Waals surface area contributed by atoms with E-state index in [1.807, 2.05) is 18.2 Å². The Hall–Kier alpha value is -1.90. The first kappa shape index (κ1) is 10.1. The third kappa shape index (κ3) is 1.14. The van der Waals surface area contributed by atoms with Gasteiger partial charge in [0.15, 0.2) is 0 Å².